The summed E-state index contributed by atoms with van der Waals surface area (Å²) in [6.07, 6.45) is -0.0922. The second kappa shape index (κ2) is 7.31. The van der Waals surface area contributed by atoms with Gasteiger partial charge >= 0.3 is 0 Å². The third-order valence-corrected chi connectivity index (χ3v) is 3.59. The summed E-state index contributed by atoms with van der Waals surface area (Å²) < 4.78 is 5.42. The molecule has 0 aliphatic carbocycles. The van der Waals surface area contributed by atoms with Gasteiger partial charge in [0.15, 0.2) is 0 Å². The minimum atomic E-state index is -0.0922. The molecule has 1 aliphatic rings. The number of nitrogens with zero attached hydrogens (tertiary/aromatic N) is 1. The van der Waals surface area contributed by atoms with Gasteiger partial charge in [-0.2, -0.15) is 0 Å². The smallest absolute Gasteiger partial charge is 0.254 e. The molecule has 19 heavy (non-hydrogen) atoms. The van der Waals surface area contributed by atoms with Crippen LogP contribution in [0.1, 0.15) is 10.4 Å². The zero-order chi connectivity index (χ0) is 13.1. The average Bonchev–Trinajstić information content (AvgIpc) is 2.41. The predicted molar refractivity (Wildman–Crippen MR) is 78.4 cm³/mol. The molecule has 1 aromatic carbocycles. The molecule has 1 fully saturated rings. The number of rotatable bonds is 2. The van der Waals surface area contributed by atoms with E-state index in [2.05, 4.69) is 0 Å². The van der Waals surface area contributed by atoms with Gasteiger partial charge < -0.3 is 15.4 Å². The van der Waals surface area contributed by atoms with E-state index in [1.807, 2.05) is 0 Å². The molecule has 0 bridgehead atoms. The summed E-state index contributed by atoms with van der Waals surface area (Å²) in [4.78, 5) is 14.0. The number of hydrogen-bond acceptors (Lipinski definition) is 3. The van der Waals surface area contributed by atoms with Crippen LogP contribution in [0.15, 0.2) is 18.2 Å². The van der Waals surface area contributed by atoms with Gasteiger partial charge in [-0.1, -0.05) is 23.2 Å². The summed E-state index contributed by atoms with van der Waals surface area (Å²) in [6, 6.07) is 4.88. The van der Waals surface area contributed by atoms with Gasteiger partial charge in [-0.3, -0.25) is 4.79 Å². The molecule has 0 spiro atoms. The fourth-order valence-electron chi connectivity index (χ4n) is 1.86. The fourth-order valence-corrected chi connectivity index (χ4v) is 2.16. The number of morpholine rings is 1. The van der Waals surface area contributed by atoms with Crippen LogP contribution in [-0.4, -0.2) is 43.2 Å². The summed E-state index contributed by atoms with van der Waals surface area (Å²) in [5.41, 5.74) is 6.08. The van der Waals surface area contributed by atoms with Crippen LogP contribution in [0.5, 0.6) is 0 Å². The molecular weight excluding hydrogens is 311 g/mol. The summed E-state index contributed by atoms with van der Waals surface area (Å²) in [7, 11) is 0. The largest absolute Gasteiger partial charge is 0.373 e. The third-order valence-electron chi connectivity index (χ3n) is 2.86. The van der Waals surface area contributed by atoms with Crippen molar-refractivity contribution in [2.24, 2.45) is 5.73 Å². The molecule has 1 unspecified atom stereocenters. The fraction of sp³-hybridized carbons (Fsp3) is 0.417. The van der Waals surface area contributed by atoms with E-state index >= 15 is 0 Å². The van der Waals surface area contributed by atoms with Crippen molar-refractivity contribution >= 4 is 41.5 Å². The highest BCUT2D eigenvalue weighted by Gasteiger charge is 2.24. The third kappa shape index (κ3) is 3.97. The van der Waals surface area contributed by atoms with Gasteiger partial charge in [0.05, 0.1) is 22.8 Å². The second-order valence-corrected chi connectivity index (χ2v) is 4.92. The molecule has 1 atom stereocenters. The van der Waals surface area contributed by atoms with Crippen LogP contribution in [0.3, 0.4) is 0 Å². The van der Waals surface area contributed by atoms with E-state index in [-0.39, 0.29) is 24.4 Å². The topological polar surface area (TPSA) is 55.6 Å². The van der Waals surface area contributed by atoms with Crippen molar-refractivity contribution < 1.29 is 9.53 Å². The molecule has 1 aliphatic heterocycles. The zero-order valence-electron chi connectivity index (χ0n) is 10.1. The average molecular weight is 326 g/mol. The monoisotopic (exact) mass is 324 g/mol. The Morgan fingerprint density at radius 3 is 2.79 bits per heavy atom. The van der Waals surface area contributed by atoms with Crippen LogP contribution in [0.25, 0.3) is 0 Å². The van der Waals surface area contributed by atoms with Gasteiger partial charge in [-0.05, 0) is 18.2 Å². The first-order valence-corrected chi connectivity index (χ1v) is 6.43. The number of carbonyl (C=O) groups excluding carboxylic acids is 1. The van der Waals surface area contributed by atoms with Crippen LogP contribution in [0.2, 0.25) is 10.0 Å². The number of hydrogen-bond donors (Lipinski definition) is 1. The van der Waals surface area contributed by atoms with E-state index in [0.29, 0.717) is 41.8 Å². The molecule has 0 radical (unpaired) electrons. The number of nitrogens with two attached hydrogens (primary N) is 1. The van der Waals surface area contributed by atoms with Gasteiger partial charge in [0.25, 0.3) is 5.91 Å². The van der Waals surface area contributed by atoms with Gasteiger partial charge in [0.1, 0.15) is 0 Å². The van der Waals surface area contributed by atoms with E-state index < -0.39 is 0 Å². The zero-order valence-corrected chi connectivity index (χ0v) is 12.5. The van der Waals surface area contributed by atoms with Crippen LogP contribution in [0.4, 0.5) is 0 Å². The van der Waals surface area contributed by atoms with Gasteiger partial charge in [0.2, 0.25) is 0 Å². The minimum absolute atomic E-state index is 0. The van der Waals surface area contributed by atoms with Crippen molar-refractivity contribution in [2.75, 3.05) is 26.2 Å². The first-order chi connectivity index (χ1) is 8.61. The predicted octanol–water partition coefficient (Wildman–Crippen LogP) is 2.21. The van der Waals surface area contributed by atoms with Crippen molar-refractivity contribution in [2.45, 2.75) is 6.10 Å². The Morgan fingerprint density at radius 1 is 1.42 bits per heavy atom. The van der Waals surface area contributed by atoms with Crippen molar-refractivity contribution in [3.05, 3.63) is 33.8 Å². The molecule has 106 valence electrons. The van der Waals surface area contributed by atoms with E-state index in [9.17, 15) is 4.79 Å². The summed E-state index contributed by atoms with van der Waals surface area (Å²) in [5.74, 6) is -0.0738. The maximum Gasteiger partial charge on any atom is 0.254 e. The Morgan fingerprint density at radius 2 is 2.16 bits per heavy atom. The number of carbonyl (C=O) groups is 1. The molecule has 1 aromatic rings. The Hall–Kier alpha value is -0.520. The van der Waals surface area contributed by atoms with Crippen molar-refractivity contribution in [3.8, 4) is 0 Å². The molecule has 2 N–H and O–H groups in total. The molecule has 2 rings (SSSR count). The SMILES string of the molecule is Cl.NCC1CN(C(=O)c2ccc(Cl)c(Cl)c2)CCO1. The van der Waals surface area contributed by atoms with Crippen LogP contribution in [-0.2, 0) is 4.74 Å². The lowest BCUT2D eigenvalue weighted by atomic mass is 10.1. The van der Waals surface area contributed by atoms with Crippen molar-refractivity contribution in [3.63, 3.8) is 0 Å². The lowest BCUT2D eigenvalue weighted by Crippen LogP contribution is -2.48. The molecular formula is C12H15Cl3N2O2. The van der Waals surface area contributed by atoms with E-state index in [1.54, 1.807) is 23.1 Å². The molecule has 1 amide bonds. The maximum atomic E-state index is 12.3. The summed E-state index contributed by atoms with van der Waals surface area (Å²) in [5, 5.41) is 0.821. The maximum absolute atomic E-state index is 12.3. The van der Waals surface area contributed by atoms with E-state index in [1.165, 1.54) is 0 Å². The highest BCUT2D eigenvalue weighted by molar-refractivity contribution is 6.42. The van der Waals surface area contributed by atoms with Crippen molar-refractivity contribution in [1.82, 2.24) is 4.90 Å². The van der Waals surface area contributed by atoms with Crippen LogP contribution < -0.4 is 5.73 Å². The molecule has 4 nitrogen and oxygen atoms in total. The van der Waals surface area contributed by atoms with Crippen LogP contribution in [0, 0.1) is 0 Å². The molecule has 7 heteroatoms. The lowest BCUT2D eigenvalue weighted by molar-refractivity contribution is -0.0167. The van der Waals surface area contributed by atoms with Crippen LogP contribution >= 0.6 is 35.6 Å². The van der Waals surface area contributed by atoms with E-state index in [4.69, 9.17) is 33.7 Å². The Bertz CT molecular complexity index is 457. The lowest BCUT2D eigenvalue weighted by Gasteiger charge is -2.32. The summed E-state index contributed by atoms with van der Waals surface area (Å²) >= 11 is 11.7. The molecule has 0 aromatic heterocycles. The second-order valence-electron chi connectivity index (χ2n) is 4.11. The Balaban J connectivity index is 0.00000180. The molecule has 0 saturated carbocycles. The number of ether oxygens (including phenoxy) is 1. The van der Waals surface area contributed by atoms with Gasteiger partial charge in [-0.15, -0.1) is 12.4 Å². The normalized spacial score (nSPS) is 18.9. The first-order valence-electron chi connectivity index (χ1n) is 5.68. The first kappa shape index (κ1) is 16.5. The number of amides is 1. The number of benzene rings is 1. The van der Waals surface area contributed by atoms with Crippen molar-refractivity contribution in [1.29, 1.82) is 0 Å². The Labute approximate surface area is 128 Å². The standard InChI is InChI=1S/C12H14Cl2N2O2.ClH/c13-10-2-1-8(5-11(10)14)12(17)16-3-4-18-9(6-15)7-16;/h1-2,5,9H,3-4,6-7,15H2;1H. The number of halogens is 3. The Kier molecular flexibility index (Phi) is 6.36. The highest BCUT2D eigenvalue weighted by atomic mass is 35.5. The quantitative estimate of drug-likeness (QED) is 0.907. The van der Waals surface area contributed by atoms with Gasteiger partial charge in [-0.25, -0.2) is 0 Å². The summed E-state index contributed by atoms with van der Waals surface area (Å²) in [6.45, 7) is 1.99. The molecule has 1 saturated heterocycles. The van der Waals surface area contributed by atoms with Gasteiger partial charge in [0, 0.05) is 25.2 Å². The molecule has 1 heterocycles. The van der Waals surface area contributed by atoms with E-state index in [0.717, 1.165) is 0 Å². The minimum Gasteiger partial charge on any atom is -0.373 e. The highest BCUT2D eigenvalue weighted by Crippen LogP contribution is 2.23.